The first-order valence-corrected chi connectivity index (χ1v) is 5.34. The lowest BCUT2D eigenvalue weighted by atomic mass is 10.1. The van der Waals surface area contributed by atoms with Gasteiger partial charge in [-0.2, -0.15) is 0 Å². The first kappa shape index (κ1) is 10.9. The van der Waals surface area contributed by atoms with Crippen molar-refractivity contribution >= 4 is 21.9 Å². The molecule has 0 atom stereocenters. The Hall–Kier alpha value is -1.62. The van der Waals surface area contributed by atoms with Crippen LogP contribution in [0, 0.1) is 6.92 Å². The third kappa shape index (κ3) is 1.86. The minimum absolute atomic E-state index is 0.0463. The van der Waals surface area contributed by atoms with Crippen molar-refractivity contribution in [1.82, 2.24) is 5.16 Å². The predicted molar refractivity (Wildman–Crippen MR) is 61.3 cm³/mol. The number of carboxylic acid groups (broad SMARTS) is 1. The molecular weight excluding hydrogens is 274 g/mol. The van der Waals surface area contributed by atoms with Crippen molar-refractivity contribution in [3.05, 3.63) is 40.0 Å². The molecule has 0 saturated heterocycles. The van der Waals surface area contributed by atoms with Crippen LogP contribution in [-0.2, 0) is 0 Å². The maximum absolute atomic E-state index is 10.8. The number of aromatic nitrogens is 1. The van der Waals surface area contributed by atoms with Crippen LogP contribution in [0.2, 0.25) is 0 Å². The molecule has 1 heterocycles. The minimum atomic E-state index is -1.08. The molecule has 0 saturated carbocycles. The van der Waals surface area contributed by atoms with E-state index in [1.807, 2.05) is 24.3 Å². The monoisotopic (exact) mass is 281 g/mol. The van der Waals surface area contributed by atoms with Gasteiger partial charge in [-0.1, -0.05) is 33.2 Å². The molecule has 0 aliphatic carbocycles. The Balaban J connectivity index is 2.53. The molecule has 1 aromatic heterocycles. The number of hydrogen-bond donors (Lipinski definition) is 1. The molecule has 0 fully saturated rings. The van der Waals surface area contributed by atoms with Gasteiger partial charge in [-0.15, -0.1) is 0 Å². The molecule has 0 radical (unpaired) electrons. The number of nitrogens with zero attached hydrogens (tertiary/aromatic N) is 1. The Labute approximate surface area is 100 Å². The van der Waals surface area contributed by atoms with Gasteiger partial charge in [0.05, 0.1) is 0 Å². The fourth-order valence-electron chi connectivity index (χ4n) is 1.43. The van der Waals surface area contributed by atoms with Crippen molar-refractivity contribution < 1.29 is 14.4 Å². The normalized spacial score (nSPS) is 10.4. The lowest BCUT2D eigenvalue weighted by Gasteiger charge is -1.97. The van der Waals surface area contributed by atoms with Crippen molar-refractivity contribution in [1.29, 1.82) is 0 Å². The van der Waals surface area contributed by atoms with E-state index < -0.39 is 5.97 Å². The Kier molecular flexibility index (Phi) is 2.78. The van der Waals surface area contributed by atoms with E-state index in [9.17, 15) is 4.79 Å². The summed E-state index contributed by atoms with van der Waals surface area (Å²) in [6.07, 6.45) is 0. The molecule has 4 nitrogen and oxygen atoms in total. The minimum Gasteiger partial charge on any atom is -0.476 e. The lowest BCUT2D eigenvalue weighted by molar-refractivity contribution is 0.0685. The fraction of sp³-hybridized carbons (Fsp3) is 0.0909. The number of rotatable bonds is 2. The van der Waals surface area contributed by atoms with E-state index in [1.54, 1.807) is 6.92 Å². The molecule has 1 N–H and O–H groups in total. The van der Waals surface area contributed by atoms with E-state index in [4.69, 9.17) is 9.63 Å². The molecule has 82 valence electrons. The molecular formula is C11H8BrNO3. The summed E-state index contributed by atoms with van der Waals surface area (Å²) < 4.78 is 5.95. The van der Waals surface area contributed by atoms with Gasteiger partial charge < -0.3 is 9.63 Å². The van der Waals surface area contributed by atoms with Gasteiger partial charge in [-0.25, -0.2) is 4.79 Å². The highest BCUT2D eigenvalue weighted by atomic mass is 79.9. The summed E-state index contributed by atoms with van der Waals surface area (Å²) in [4.78, 5) is 10.8. The van der Waals surface area contributed by atoms with Crippen LogP contribution in [0.1, 0.15) is 16.1 Å². The largest absolute Gasteiger partial charge is 0.476 e. The van der Waals surface area contributed by atoms with E-state index in [1.165, 1.54) is 0 Å². The maximum atomic E-state index is 10.8. The van der Waals surface area contributed by atoms with E-state index in [0.717, 1.165) is 10.0 Å². The zero-order valence-corrected chi connectivity index (χ0v) is 9.98. The van der Waals surface area contributed by atoms with Crippen LogP contribution in [0.15, 0.2) is 33.3 Å². The number of carboxylic acids is 1. The first-order chi connectivity index (χ1) is 7.59. The summed E-state index contributed by atoms with van der Waals surface area (Å²) in [5.74, 6) is -0.596. The Morgan fingerprint density at radius 2 is 2.25 bits per heavy atom. The van der Waals surface area contributed by atoms with Crippen LogP contribution in [-0.4, -0.2) is 16.2 Å². The number of benzene rings is 1. The average Bonchev–Trinajstić information content (AvgIpc) is 2.60. The van der Waals surface area contributed by atoms with Gasteiger partial charge in [0.25, 0.3) is 0 Å². The van der Waals surface area contributed by atoms with Gasteiger partial charge in [-0.05, 0) is 19.1 Å². The van der Waals surface area contributed by atoms with Crippen molar-refractivity contribution in [2.24, 2.45) is 0 Å². The van der Waals surface area contributed by atoms with Crippen LogP contribution >= 0.6 is 15.9 Å². The van der Waals surface area contributed by atoms with Crippen LogP contribution in [0.3, 0.4) is 0 Å². The SMILES string of the molecule is Cc1c(C(=O)O)noc1-c1cccc(Br)c1. The molecule has 5 heteroatoms. The number of halogens is 1. The van der Waals surface area contributed by atoms with Gasteiger partial charge in [0.2, 0.25) is 0 Å². The first-order valence-electron chi connectivity index (χ1n) is 4.55. The number of carbonyl (C=O) groups is 1. The third-order valence-electron chi connectivity index (χ3n) is 2.21. The second-order valence-electron chi connectivity index (χ2n) is 3.30. The summed E-state index contributed by atoms with van der Waals surface area (Å²) in [6.45, 7) is 1.68. The molecule has 0 spiro atoms. The van der Waals surface area contributed by atoms with Crippen molar-refractivity contribution in [2.45, 2.75) is 6.92 Å². The second-order valence-corrected chi connectivity index (χ2v) is 4.22. The van der Waals surface area contributed by atoms with Gasteiger partial charge in [0.1, 0.15) is 0 Å². The van der Waals surface area contributed by atoms with Gasteiger partial charge in [0, 0.05) is 15.6 Å². The van der Waals surface area contributed by atoms with Crippen molar-refractivity contribution in [3.63, 3.8) is 0 Å². The molecule has 16 heavy (non-hydrogen) atoms. The van der Waals surface area contributed by atoms with E-state index in [2.05, 4.69) is 21.1 Å². The Morgan fingerprint density at radius 1 is 1.50 bits per heavy atom. The highest BCUT2D eigenvalue weighted by Gasteiger charge is 2.18. The zero-order valence-electron chi connectivity index (χ0n) is 8.40. The topological polar surface area (TPSA) is 63.3 Å². The molecule has 0 aliphatic heterocycles. The van der Waals surface area contributed by atoms with E-state index >= 15 is 0 Å². The Bertz CT molecular complexity index is 548. The molecule has 2 aromatic rings. The molecule has 0 bridgehead atoms. The fourth-order valence-corrected chi connectivity index (χ4v) is 1.83. The molecule has 0 amide bonds. The molecule has 1 aromatic carbocycles. The maximum Gasteiger partial charge on any atom is 0.358 e. The average molecular weight is 282 g/mol. The van der Waals surface area contributed by atoms with Crippen LogP contribution < -0.4 is 0 Å². The Morgan fingerprint density at radius 3 is 2.81 bits per heavy atom. The van der Waals surface area contributed by atoms with Gasteiger partial charge >= 0.3 is 5.97 Å². The third-order valence-corrected chi connectivity index (χ3v) is 2.71. The van der Waals surface area contributed by atoms with Crippen LogP contribution in [0.5, 0.6) is 0 Å². The molecule has 0 aliphatic rings. The van der Waals surface area contributed by atoms with Gasteiger partial charge in [0.15, 0.2) is 11.5 Å². The predicted octanol–water partition coefficient (Wildman–Crippen LogP) is 3.11. The van der Waals surface area contributed by atoms with Crippen LogP contribution in [0.4, 0.5) is 0 Å². The standard InChI is InChI=1S/C11H8BrNO3/c1-6-9(11(14)15)13-16-10(6)7-3-2-4-8(12)5-7/h2-5H,1H3,(H,14,15). The summed E-state index contributed by atoms with van der Waals surface area (Å²) in [7, 11) is 0. The van der Waals surface area contributed by atoms with E-state index in [0.29, 0.717) is 11.3 Å². The highest BCUT2D eigenvalue weighted by molar-refractivity contribution is 9.10. The highest BCUT2D eigenvalue weighted by Crippen LogP contribution is 2.27. The summed E-state index contributed by atoms with van der Waals surface area (Å²) in [5, 5.41) is 12.4. The quantitative estimate of drug-likeness (QED) is 0.919. The summed E-state index contributed by atoms with van der Waals surface area (Å²) >= 11 is 3.34. The van der Waals surface area contributed by atoms with Crippen LogP contribution in [0.25, 0.3) is 11.3 Å². The number of aromatic carboxylic acids is 1. The van der Waals surface area contributed by atoms with Gasteiger partial charge in [-0.3, -0.25) is 0 Å². The zero-order chi connectivity index (χ0) is 11.7. The number of hydrogen-bond acceptors (Lipinski definition) is 3. The lowest BCUT2D eigenvalue weighted by Crippen LogP contribution is -1.98. The molecule has 0 unspecified atom stereocenters. The molecule has 2 rings (SSSR count). The summed E-state index contributed by atoms with van der Waals surface area (Å²) in [5.41, 5.74) is 1.28. The van der Waals surface area contributed by atoms with E-state index in [-0.39, 0.29) is 5.69 Å². The second kappa shape index (κ2) is 4.09. The smallest absolute Gasteiger partial charge is 0.358 e. The van der Waals surface area contributed by atoms with Crippen molar-refractivity contribution in [2.75, 3.05) is 0 Å². The summed E-state index contributed by atoms with van der Waals surface area (Å²) in [6, 6.07) is 7.41. The van der Waals surface area contributed by atoms with Crippen molar-refractivity contribution in [3.8, 4) is 11.3 Å².